The minimum absolute atomic E-state index is 0. The second-order valence-corrected chi connectivity index (χ2v) is 5.61. The van der Waals surface area contributed by atoms with E-state index in [4.69, 9.17) is 9.47 Å². The number of aliphatic imine (C=N–C) groups is 1. The zero-order valence-electron chi connectivity index (χ0n) is 13.4. The van der Waals surface area contributed by atoms with Crippen molar-refractivity contribution in [2.45, 2.75) is 32.9 Å². The number of ether oxygens (including phenoxy) is 2. The monoisotopic (exact) mass is 417 g/mol. The summed E-state index contributed by atoms with van der Waals surface area (Å²) >= 11 is 0. The zero-order chi connectivity index (χ0) is 14.8. The summed E-state index contributed by atoms with van der Waals surface area (Å²) in [4.78, 5) is 6.58. The molecule has 1 atom stereocenters. The Kier molecular flexibility index (Phi) is 5.77. The van der Waals surface area contributed by atoms with E-state index in [0.29, 0.717) is 13.2 Å². The lowest BCUT2D eigenvalue weighted by Crippen LogP contribution is -2.35. The molecule has 2 aliphatic heterocycles. The van der Waals surface area contributed by atoms with Gasteiger partial charge in [0.15, 0.2) is 5.96 Å². The van der Waals surface area contributed by atoms with Gasteiger partial charge in [-0.05, 0) is 26.0 Å². The normalized spacial score (nSPS) is 19.1. The highest BCUT2D eigenvalue weighted by molar-refractivity contribution is 14.0. The summed E-state index contributed by atoms with van der Waals surface area (Å²) in [5, 5.41) is 3.39. The maximum Gasteiger partial charge on any atom is 0.194 e. The van der Waals surface area contributed by atoms with E-state index in [2.05, 4.69) is 41.3 Å². The first-order valence-electron chi connectivity index (χ1n) is 7.62. The van der Waals surface area contributed by atoms with Crippen molar-refractivity contribution >= 4 is 29.9 Å². The second kappa shape index (κ2) is 7.39. The maximum absolute atomic E-state index is 5.85. The fraction of sp³-hybridized carbons (Fsp3) is 0.562. The molecule has 3 rings (SSSR count). The molecule has 1 N–H and O–H groups in total. The highest BCUT2D eigenvalue weighted by Gasteiger charge is 2.22. The lowest BCUT2D eigenvalue weighted by Gasteiger charge is -2.17. The van der Waals surface area contributed by atoms with Gasteiger partial charge in [0.25, 0.3) is 0 Å². The number of rotatable bonds is 4. The minimum atomic E-state index is 0. The summed E-state index contributed by atoms with van der Waals surface area (Å²) in [5.41, 5.74) is 2.36. The van der Waals surface area contributed by atoms with Crippen molar-refractivity contribution in [3.05, 3.63) is 23.3 Å². The molecule has 0 aromatic heterocycles. The van der Waals surface area contributed by atoms with Gasteiger partial charge >= 0.3 is 0 Å². The Hall–Kier alpha value is -1.18. The van der Waals surface area contributed by atoms with Crippen LogP contribution in [0, 0.1) is 0 Å². The quantitative estimate of drug-likeness (QED) is 0.765. The Morgan fingerprint density at radius 1 is 1.45 bits per heavy atom. The molecule has 122 valence electrons. The molecule has 5 nitrogen and oxygen atoms in total. The summed E-state index contributed by atoms with van der Waals surface area (Å²) < 4.78 is 11.6. The number of likely N-dealkylation sites (N-methyl/N-ethyl adjacent to an activating group) is 1. The Morgan fingerprint density at radius 2 is 2.27 bits per heavy atom. The summed E-state index contributed by atoms with van der Waals surface area (Å²) in [6, 6.07) is 4.23. The molecule has 0 saturated heterocycles. The van der Waals surface area contributed by atoms with Gasteiger partial charge in [-0.25, -0.2) is 0 Å². The Morgan fingerprint density at radius 3 is 2.95 bits per heavy atom. The summed E-state index contributed by atoms with van der Waals surface area (Å²) in [5.74, 6) is 2.89. The van der Waals surface area contributed by atoms with Crippen LogP contribution < -0.4 is 14.8 Å². The third kappa shape index (κ3) is 3.59. The first-order valence-corrected chi connectivity index (χ1v) is 7.62. The first-order chi connectivity index (χ1) is 10.2. The van der Waals surface area contributed by atoms with E-state index >= 15 is 0 Å². The van der Waals surface area contributed by atoms with Gasteiger partial charge in [-0.3, -0.25) is 4.99 Å². The van der Waals surface area contributed by atoms with Crippen molar-refractivity contribution in [1.82, 2.24) is 10.2 Å². The van der Waals surface area contributed by atoms with Crippen molar-refractivity contribution < 1.29 is 9.47 Å². The maximum atomic E-state index is 5.85. The van der Waals surface area contributed by atoms with E-state index in [1.54, 1.807) is 0 Å². The fourth-order valence-electron chi connectivity index (χ4n) is 2.81. The third-order valence-corrected chi connectivity index (χ3v) is 3.87. The molecule has 1 aromatic carbocycles. The van der Waals surface area contributed by atoms with Crippen LogP contribution in [0.2, 0.25) is 0 Å². The average molecular weight is 417 g/mol. The van der Waals surface area contributed by atoms with E-state index in [-0.39, 0.29) is 30.1 Å². The number of hydrogen-bond acceptors (Lipinski definition) is 5. The van der Waals surface area contributed by atoms with Gasteiger partial charge in [0.05, 0.1) is 13.2 Å². The van der Waals surface area contributed by atoms with E-state index in [9.17, 15) is 0 Å². The topological polar surface area (TPSA) is 46.1 Å². The minimum Gasteiger partial charge on any atom is -0.494 e. The number of halogens is 1. The van der Waals surface area contributed by atoms with Crippen molar-refractivity contribution in [2.24, 2.45) is 4.99 Å². The molecular formula is C16H24IN3O2. The first kappa shape index (κ1) is 17.2. The van der Waals surface area contributed by atoms with Crippen molar-refractivity contribution in [2.75, 3.05) is 26.7 Å². The van der Waals surface area contributed by atoms with Crippen molar-refractivity contribution in [3.63, 3.8) is 0 Å². The van der Waals surface area contributed by atoms with Crippen LogP contribution in [-0.2, 0) is 13.0 Å². The van der Waals surface area contributed by atoms with Gasteiger partial charge in [-0.2, -0.15) is 0 Å². The van der Waals surface area contributed by atoms with Gasteiger partial charge in [-0.1, -0.05) is 0 Å². The molecular weight excluding hydrogens is 393 g/mol. The highest BCUT2D eigenvalue weighted by atomic mass is 127. The lowest BCUT2D eigenvalue weighted by atomic mass is 10.1. The second-order valence-electron chi connectivity index (χ2n) is 5.61. The van der Waals surface area contributed by atoms with Crippen LogP contribution in [0.3, 0.4) is 0 Å². The SMILES string of the molecule is CCOc1cc2c(cc1CNC1=NCCN1C)OC(C)C2.I. The van der Waals surface area contributed by atoms with Crippen LogP contribution in [-0.4, -0.2) is 43.7 Å². The van der Waals surface area contributed by atoms with Crippen LogP contribution in [0.25, 0.3) is 0 Å². The number of hydrogen-bond donors (Lipinski definition) is 1. The van der Waals surface area contributed by atoms with E-state index in [1.165, 1.54) is 5.56 Å². The standard InChI is InChI=1S/C16H23N3O2.HI/c1-4-20-14-8-12-7-11(2)21-15(12)9-13(14)10-18-16-17-5-6-19(16)3;/h8-9,11H,4-7,10H2,1-3H3,(H,17,18);1H. The van der Waals surface area contributed by atoms with Crippen molar-refractivity contribution in [3.8, 4) is 11.5 Å². The third-order valence-electron chi connectivity index (χ3n) is 3.87. The van der Waals surface area contributed by atoms with Gasteiger partial charge in [0.2, 0.25) is 0 Å². The van der Waals surface area contributed by atoms with Gasteiger partial charge in [-0.15, -0.1) is 24.0 Å². The van der Waals surface area contributed by atoms with Crippen LogP contribution in [0.15, 0.2) is 17.1 Å². The molecule has 0 saturated carbocycles. The van der Waals surface area contributed by atoms with Crippen molar-refractivity contribution in [1.29, 1.82) is 0 Å². The molecule has 2 heterocycles. The van der Waals surface area contributed by atoms with E-state index < -0.39 is 0 Å². The molecule has 2 aliphatic rings. The fourth-order valence-corrected chi connectivity index (χ4v) is 2.81. The molecule has 1 unspecified atom stereocenters. The Labute approximate surface area is 149 Å². The summed E-state index contributed by atoms with van der Waals surface area (Å²) in [6.45, 7) is 7.32. The molecule has 0 fully saturated rings. The van der Waals surface area contributed by atoms with Crippen LogP contribution >= 0.6 is 24.0 Å². The zero-order valence-corrected chi connectivity index (χ0v) is 15.7. The number of benzene rings is 1. The number of nitrogens with zero attached hydrogens (tertiary/aromatic N) is 2. The largest absolute Gasteiger partial charge is 0.494 e. The smallest absolute Gasteiger partial charge is 0.194 e. The molecule has 0 spiro atoms. The van der Waals surface area contributed by atoms with E-state index in [1.807, 2.05) is 6.92 Å². The van der Waals surface area contributed by atoms with Crippen LogP contribution in [0.4, 0.5) is 0 Å². The Bertz CT molecular complexity index is 563. The molecule has 0 bridgehead atoms. The summed E-state index contributed by atoms with van der Waals surface area (Å²) in [6.07, 6.45) is 1.21. The number of fused-ring (bicyclic) bond motifs is 1. The van der Waals surface area contributed by atoms with E-state index in [0.717, 1.165) is 42.5 Å². The number of nitrogens with one attached hydrogen (secondary N) is 1. The predicted octanol–water partition coefficient (Wildman–Crippen LogP) is 2.42. The Balaban J connectivity index is 0.00000176. The molecule has 0 amide bonds. The molecule has 6 heteroatoms. The van der Waals surface area contributed by atoms with Gasteiger partial charge in [0.1, 0.15) is 17.6 Å². The average Bonchev–Trinajstić information content (AvgIpc) is 3.01. The molecule has 22 heavy (non-hydrogen) atoms. The molecule has 0 radical (unpaired) electrons. The van der Waals surface area contributed by atoms with Gasteiger partial charge in [0, 0.05) is 37.7 Å². The molecule has 0 aliphatic carbocycles. The number of guanidine groups is 1. The molecule has 1 aromatic rings. The summed E-state index contributed by atoms with van der Waals surface area (Å²) in [7, 11) is 2.05. The predicted molar refractivity (Wildman–Crippen MR) is 98.6 cm³/mol. The van der Waals surface area contributed by atoms with Crippen LogP contribution in [0.1, 0.15) is 25.0 Å². The lowest BCUT2D eigenvalue weighted by molar-refractivity contribution is 0.254. The highest BCUT2D eigenvalue weighted by Crippen LogP contribution is 2.35. The van der Waals surface area contributed by atoms with Crippen LogP contribution in [0.5, 0.6) is 11.5 Å². The van der Waals surface area contributed by atoms with Gasteiger partial charge < -0.3 is 19.7 Å².